The summed E-state index contributed by atoms with van der Waals surface area (Å²) >= 11 is 0. The summed E-state index contributed by atoms with van der Waals surface area (Å²) in [5.41, 5.74) is 3.93. The monoisotopic (exact) mass is 395 g/mol. The van der Waals surface area contributed by atoms with Gasteiger partial charge in [0, 0.05) is 35.6 Å². The second-order valence-electron chi connectivity index (χ2n) is 7.72. The third-order valence-electron chi connectivity index (χ3n) is 5.98. The van der Waals surface area contributed by atoms with Crippen molar-refractivity contribution in [1.82, 2.24) is 4.90 Å². The number of methoxy groups -OCH3 is 2. The van der Waals surface area contributed by atoms with E-state index in [2.05, 4.69) is 6.07 Å². The van der Waals surface area contributed by atoms with E-state index in [1.165, 1.54) is 11.1 Å². The highest BCUT2D eigenvalue weighted by Gasteiger charge is 2.38. The molecule has 1 fully saturated rings. The summed E-state index contributed by atoms with van der Waals surface area (Å²) in [6.07, 6.45) is 3.76. The average molecular weight is 395 g/mol. The van der Waals surface area contributed by atoms with E-state index < -0.39 is 0 Å². The molecule has 0 bridgehead atoms. The van der Waals surface area contributed by atoms with Crippen LogP contribution in [0.4, 0.5) is 0 Å². The van der Waals surface area contributed by atoms with E-state index in [4.69, 9.17) is 18.9 Å². The fraction of sp³-hybridized carbons (Fsp3) is 0.435. The maximum absolute atomic E-state index is 13.7. The van der Waals surface area contributed by atoms with E-state index in [0.717, 1.165) is 42.7 Å². The van der Waals surface area contributed by atoms with Crippen LogP contribution in [0.5, 0.6) is 23.0 Å². The van der Waals surface area contributed by atoms with Gasteiger partial charge in [0.15, 0.2) is 0 Å². The highest BCUT2D eigenvalue weighted by Crippen LogP contribution is 2.43. The molecule has 0 spiro atoms. The molecule has 5 rings (SSSR count). The van der Waals surface area contributed by atoms with Gasteiger partial charge in [-0.1, -0.05) is 6.07 Å². The summed E-state index contributed by atoms with van der Waals surface area (Å²) < 4.78 is 22.8. The zero-order valence-corrected chi connectivity index (χ0v) is 16.8. The molecule has 3 aliphatic rings. The zero-order chi connectivity index (χ0) is 20.0. The minimum Gasteiger partial charge on any atom is -0.496 e. The van der Waals surface area contributed by atoms with Gasteiger partial charge in [-0.2, -0.15) is 0 Å². The minimum atomic E-state index is -0.0648. The molecular formula is C23H25NO5. The molecule has 2 aromatic carbocycles. The predicted octanol–water partition coefficient (Wildman–Crippen LogP) is 3.38. The van der Waals surface area contributed by atoms with Crippen molar-refractivity contribution in [3.8, 4) is 23.0 Å². The van der Waals surface area contributed by atoms with Crippen molar-refractivity contribution in [1.29, 1.82) is 0 Å². The highest BCUT2D eigenvalue weighted by molar-refractivity contribution is 6.00. The van der Waals surface area contributed by atoms with E-state index in [1.54, 1.807) is 26.4 Å². The van der Waals surface area contributed by atoms with Gasteiger partial charge in [0.2, 0.25) is 0 Å². The third kappa shape index (κ3) is 3.07. The van der Waals surface area contributed by atoms with Gasteiger partial charge in [-0.25, -0.2) is 0 Å². The Morgan fingerprint density at radius 3 is 2.52 bits per heavy atom. The standard InChI is InChI=1S/C23H25NO5/c1-26-18-4-3-5-19(27-2)21(18)23(25)24(15-6-7-15)13-17-16-9-11-28-20(16)12-14-8-10-29-22(14)17/h3-5,12,15H,6-11,13H2,1-2H3. The Labute approximate surface area is 170 Å². The Balaban J connectivity index is 1.55. The number of nitrogens with zero attached hydrogens (tertiary/aromatic N) is 1. The quantitative estimate of drug-likeness (QED) is 0.751. The Bertz CT molecular complexity index is 912. The van der Waals surface area contributed by atoms with Crippen molar-refractivity contribution < 1.29 is 23.7 Å². The minimum absolute atomic E-state index is 0.0648. The summed E-state index contributed by atoms with van der Waals surface area (Å²) in [5.74, 6) is 2.89. The molecule has 2 heterocycles. The van der Waals surface area contributed by atoms with Crippen molar-refractivity contribution in [3.63, 3.8) is 0 Å². The largest absolute Gasteiger partial charge is 0.496 e. The van der Waals surface area contributed by atoms with Crippen molar-refractivity contribution in [2.75, 3.05) is 27.4 Å². The summed E-state index contributed by atoms with van der Waals surface area (Å²) in [4.78, 5) is 15.6. The van der Waals surface area contributed by atoms with Crippen molar-refractivity contribution in [2.45, 2.75) is 38.3 Å². The average Bonchev–Trinajstić information content (AvgIpc) is 3.28. The number of carbonyl (C=O) groups is 1. The van der Waals surface area contributed by atoms with Crippen LogP contribution in [0.25, 0.3) is 0 Å². The van der Waals surface area contributed by atoms with Crippen LogP contribution in [0.15, 0.2) is 24.3 Å². The Hall–Kier alpha value is -2.89. The molecule has 0 radical (unpaired) electrons. The number of rotatable bonds is 6. The lowest BCUT2D eigenvalue weighted by Gasteiger charge is -2.26. The van der Waals surface area contributed by atoms with Gasteiger partial charge >= 0.3 is 0 Å². The fourth-order valence-corrected chi connectivity index (χ4v) is 4.38. The van der Waals surface area contributed by atoms with E-state index >= 15 is 0 Å². The summed E-state index contributed by atoms with van der Waals surface area (Å²) in [5, 5.41) is 0. The Kier molecular flexibility index (Phi) is 4.49. The van der Waals surface area contributed by atoms with Gasteiger partial charge in [0.1, 0.15) is 28.6 Å². The van der Waals surface area contributed by atoms with E-state index in [9.17, 15) is 4.79 Å². The van der Waals surface area contributed by atoms with E-state index in [1.807, 2.05) is 11.0 Å². The maximum Gasteiger partial charge on any atom is 0.261 e. The third-order valence-corrected chi connectivity index (χ3v) is 5.98. The molecule has 1 amide bonds. The van der Waals surface area contributed by atoms with Crippen molar-refractivity contribution in [2.24, 2.45) is 0 Å². The molecule has 1 saturated carbocycles. The lowest BCUT2D eigenvalue weighted by Crippen LogP contribution is -2.33. The number of amides is 1. The molecule has 0 N–H and O–H groups in total. The number of hydrogen-bond acceptors (Lipinski definition) is 5. The van der Waals surface area contributed by atoms with Crippen LogP contribution >= 0.6 is 0 Å². The topological polar surface area (TPSA) is 57.2 Å². The normalized spacial score (nSPS) is 16.5. The number of ether oxygens (including phenoxy) is 4. The van der Waals surface area contributed by atoms with Gasteiger partial charge < -0.3 is 23.8 Å². The van der Waals surface area contributed by atoms with Crippen molar-refractivity contribution in [3.05, 3.63) is 46.5 Å². The number of fused-ring (bicyclic) bond motifs is 2. The lowest BCUT2D eigenvalue weighted by atomic mass is 9.98. The predicted molar refractivity (Wildman–Crippen MR) is 107 cm³/mol. The first kappa shape index (κ1) is 18.2. The van der Waals surface area contributed by atoms with Crippen LogP contribution in [0, 0.1) is 0 Å². The molecule has 0 atom stereocenters. The molecule has 2 aromatic rings. The first-order chi connectivity index (χ1) is 14.2. The Morgan fingerprint density at radius 1 is 1.10 bits per heavy atom. The van der Waals surface area contributed by atoms with Gasteiger partial charge in [0.05, 0.1) is 34.0 Å². The van der Waals surface area contributed by atoms with Crippen LogP contribution in [0.3, 0.4) is 0 Å². The Morgan fingerprint density at radius 2 is 1.83 bits per heavy atom. The highest BCUT2D eigenvalue weighted by atomic mass is 16.5. The van der Waals surface area contributed by atoms with Gasteiger partial charge in [-0.15, -0.1) is 0 Å². The molecule has 1 aliphatic carbocycles. The SMILES string of the molecule is COc1cccc(OC)c1C(=O)N(Cc1c2c(cc3c1OCC3)OCC2)C1CC1. The van der Waals surface area contributed by atoms with E-state index in [-0.39, 0.29) is 11.9 Å². The van der Waals surface area contributed by atoms with Gasteiger partial charge in [-0.05, 0) is 31.0 Å². The molecule has 2 aliphatic heterocycles. The number of hydrogen-bond donors (Lipinski definition) is 0. The van der Waals surface area contributed by atoms with Crippen LogP contribution < -0.4 is 18.9 Å². The van der Waals surface area contributed by atoms with Crippen LogP contribution in [0.1, 0.15) is 39.9 Å². The van der Waals surface area contributed by atoms with Gasteiger partial charge in [-0.3, -0.25) is 4.79 Å². The molecule has 6 heteroatoms. The molecule has 6 nitrogen and oxygen atoms in total. The van der Waals surface area contributed by atoms with Crippen LogP contribution in [-0.2, 0) is 19.4 Å². The van der Waals surface area contributed by atoms with Gasteiger partial charge in [0.25, 0.3) is 5.91 Å². The summed E-state index contributed by atoms with van der Waals surface area (Å²) in [6.45, 7) is 1.88. The second kappa shape index (κ2) is 7.17. The molecule has 0 saturated heterocycles. The lowest BCUT2D eigenvalue weighted by molar-refractivity contribution is 0.0721. The second-order valence-corrected chi connectivity index (χ2v) is 7.72. The zero-order valence-electron chi connectivity index (χ0n) is 16.8. The smallest absolute Gasteiger partial charge is 0.261 e. The van der Waals surface area contributed by atoms with Crippen LogP contribution in [0.2, 0.25) is 0 Å². The maximum atomic E-state index is 13.7. The molecule has 0 unspecified atom stereocenters. The first-order valence-corrected chi connectivity index (χ1v) is 10.2. The molecule has 152 valence electrons. The summed E-state index contributed by atoms with van der Waals surface area (Å²) in [6, 6.07) is 7.77. The number of benzene rings is 2. The molecule has 29 heavy (non-hydrogen) atoms. The number of carbonyl (C=O) groups excluding carboxylic acids is 1. The first-order valence-electron chi connectivity index (χ1n) is 10.2. The molecular weight excluding hydrogens is 370 g/mol. The summed E-state index contributed by atoms with van der Waals surface area (Å²) in [7, 11) is 3.16. The van der Waals surface area contributed by atoms with Crippen LogP contribution in [-0.4, -0.2) is 44.3 Å². The van der Waals surface area contributed by atoms with Crippen molar-refractivity contribution >= 4 is 5.91 Å². The van der Waals surface area contributed by atoms with E-state index in [0.29, 0.717) is 36.8 Å². The molecule has 0 aromatic heterocycles. The fourth-order valence-electron chi connectivity index (χ4n) is 4.38.